The van der Waals surface area contributed by atoms with E-state index in [0.717, 1.165) is 42.0 Å². The van der Waals surface area contributed by atoms with E-state index in [1.54, 1.807) is 40.0 Å². The maximum atomic E-state index is 13.7. The lowest BCUT2D eigenvalue weighted by Crippen LogP contribution is -2.42. The number of amides is 1. The molecule has 0 atom stereocenters. The predicted molar refractivity (Wildman–Crippen MR) is 154 cm³/mol. The maximum Gasteiger partial charge on any atom is 0.424 e. The Bertz CT molecular complexity index is 1540. The Morgan fingerprint density at radius 1 is 0.868 bits per heavy atom. The minimum atomic E-state index is -4.18. The van der Waals surface area contributed by atoms with Crippen molar-refractivity contribution in [2.75, 3.05) is 13.7 Å². The van der Waals surface area contributed by atoms with Crippen molar-refractivity contribution in [3.8, 4) is 16.9 Å². The average molecular weight is 597 g/mol. The van der Waals surface area contributed by atoms with Crippen LogP contribution in [0.1, 0.15) is 26.3 Å². The van der Waals surface area contributed by atoms with Gasteiger partial charge in [-0.05, 0) is 94.9 Å². The average Bonchev–Trinajstić information content (AvgIpc) is 2.89. The second-order valence-corrected chi connectivity index (χ2v) is 12.5. The molecule has 38 heavy (non-hydrogen) atoms. The number of rotatable bonds is 7. The van der Waals surface area contributed by atoms with E-state index < -0.39 is 21.7 Å². The van der Waals surface area contributed by atoms with Crippen LogP contribution in [0.2, 0.25) is 0 Å². The number of methoxy groups -OCH3 is 1. The van der Waals surface area contributed by atoms with Gasteiger partial charge in [-0.15, -0.1) is 0 Å². The second-order valence-electron chi connectivity index (χ2n) is 9.82. The van der Waals surface area contributed by atoms with Crippen LogP contribution in [0, 0.1) is 0 Å². The minimum absolute atomic E-state index is 0.0122. The van der Waals surface area contributed by atoms with Gasteiger partial charge < -0.3 is 9.47 Å². The smallest absolute Gasteiger partial charge is 0.424 e. The fourth-order valence-electron chi connectivity index (χ4n) is 4.05. The maximum absolute atomic E-state index is 13.7. The Morgan fingerprint density at radius 3 is 2.08 bits per heavy atom. The summed E-state index contributed by atoms with van der Waals surface area (Å²) in [5.41, 5.74) is 1.80. The lowest BCUT2D eigenvalue weighted by atomic mass is 10.1. The fourth-order valence-corrected chi connectivity index (χ4v) is 6.04. The van der Waals surface area contributed by atoms with Gasteiger partial charge in [0.1, 0.15) is 11.4 Å². The van der Waals surface area contributed by atoms with Gasteiger partial charge in [0.15, 0.2) is 0 Å². The first kappa shape index (κ1) is 27.7. The molecule has 0 unspecified atom stereocenters. The molecule has 4 aromatic carbocycles. The number of carbonyl (C=O) groups excluding carboxylic acids is 1. The van der Waals surface area contributed by atoms with E-state index in [9.17, 15) is 13.2 Å². The summed E-state index contributed by atoms with van der Waals surface area (Å²) in [6, 6.07) is 25.8. The number of hydrogen-bond donors (Lipinski definition) is 0. The van der Waals surface area contributed by atoms with Crippen LogP contribution in [-0.4, -0.2) is 38.1 Å². The third-order valence-corrected chi connectivity index (χ3v) is 8.71. The van der Waals surface area contributed by atoms with Crippen LogP contribution >= 0.6 is 15.9 Å². The largest absolute Gasteiger partial charge is 0.497 e. The van der Waals surface area contributed by atoms with Gasteiger partial charge in [0, 0.05) is 11.0 Å². The molecule has 0 bridgehead atoms. The monoisotopic (exact) mass is 595 g/mol. The van der Waals surface area contributed by atoms with E-state index in [4.69, 9.17) is 9.47 Å². The van der Waals surface area contributed by atoms with Crippen molar-refractivity contribution in [3.63, 3.8) is 0 Å². The molecule has 0 saturated heterocycles. The second kappa shape index (κ2) is 11.2. The third kappa shape index (κ3) is 6.19. The molecule has 1 amide bonds. The topological polar surface area (TPSA) is 72.9 Å². The molecule has 0 spiro atoms. The molecule has 8 heteroatoms. The van der Waals surface area contributed by atoms with Gasteiger partial charge in [0.2, 0.25) is 0 Å². The van der Waals surface area contributed by atoms with Gasteiger partial charge in [0.25, 0.3) is 10.0 Å². The summed E-state index contributed by atoms with van der Waals surface area (Å²) >= 11 is 3.66. The van der Waals surface area contributed by atoms with E-state index in [0.29, 0.717) is 6.42 Å². The molecule has 0 N–H and O–H groups in total. The Labute approximate surface area is 232 Å². The molecule has 0 aliphatic rings. The van der Waals surface area contributed by atoms with Crippen LogP contribution in [0.3, 0.4) is 0 Å². The third-order valence-electron chi connectivity index (χ3n) is 5.99. The van der Waals surface area contributed by atoms with Crippen molar-refractivity contribution >= 4 is 42.8 Å². The Morgan fingerprint density at radius 2 is 1.47 bits per heavy atom. The molecule has 0 radical (unpaired) electrons. The molecule has 0 aliphatic heterocycles. The fraction of sp³-hybridized carbons (Fsp3) is 0.233. The molecule has 4 rings (SSSR count). The molecule has 0 fully saturated rings. The number of benzene rings is 4. The van der Waals surface area contributed by atoms with E-state index in [-0.39, 0.29) is 11.4 Å². The van der Waals surface area contributed by atoms with Gasteiger partial charge in [-0.3, -0.25) is 0 Å². The summed E-state index contributed by atoms with van der Waals surface area (Å²) < 4.78 is 39.8. The van der Waals surface area contributed by atoms with Gasteiger partial charge in [0.05, 0.1) is 12.0 Å². The molecule has 0 saturated carbocycles. The molecule has 198 valence electrons. The molecular weight excluding hydrogens is 566 g/mol. The predicted octanol–water partition coefficient (Wildman–Crippen LogP) is 7.45. The van der Waals surface area contributed by atoms with Crippen molar-refractivity contribution in [3.05, 3.63) is 95.0 Å². The highest BCUT2D eigenvalue weighted by molar-refractivity contribution is 9.10. The number of halogens is 1. The van der Waals surface area contributed by atoms with Crippen LogP contribution in [0.25, 0.3) is 21.9 Å². The first-order valence-corrected chi connectivity index (χ1v) is 14.4. The quantitative estimate of drug-likeness (QED) is 0.222. The summed E-state index contributed by atoms with van der Waals surface area (Å²) in [5, 5.41) is 2.09. The molecular formula is C30H30BrNO5S. The van der Waals surface area contributed by atoms with Crippen LogP contribution in [0.4, 0.5) is 4.79 Å². The van der Waals surface area contributed by atoms with Crippen LogP contribution in [0.15, 0.2) is 94.3 Å². The number of carbonyl (C=O) groups is 1. The summed E-state index contributed by atoms with van der Waals surface area (Å²) in [6.45, 7) is 5.05. The zero-order chi connectivity index (χ0) is 27.5. The first-order chi connectivity index (χ1) is 18.0. The summed E-state index contributed by atoms with van der Waals surface area (Å²) in [6.07, 6.45) is -0.595. The van der Waals surface area contributed by atoms with Crippen molar-refractivity contribution in [2.24, 2.45) is 0 Å². The van der Waals surface area contributed by atoms with Crippen LogP contribution in [-0.2, 0) is 21.2 Å². The zero-order valence-electron chi connectivity index (χ0n) is 21.8. The number of fused-ring (bicyclic) bond motifs is 1. The van der Waals surface area contributed by atoms with Crippen molar-refractivity contribution < 1.29 is 22.7 Å². The zero-order valence-corrected chi connectivity index (χ0v) is 24.2. The normalized spacial score (nSPS) is 11.8. The van der Waals surface area contributed by atoms with Gasteiger partial charge >= 0.3 is 6.09 Å². The highest BCUT2D eigenvalue weighted by atomic mass is 79.9. The van der Waals surface area contributed by atoms with E-state index >= 15 is 0 Å². The lowest BCUT2D eigenvalue weighted by Gasteiger charge is -2.27. The van der Waals surface area contributed by atoms with E-state index in [2.05, 4.69) is 15.9 Å². The SMILES string of the molecule is COc1ccc(-c2ccc(S(=O)(=O)N(CCc3ccc4ccccc4c3Br)C(=O)OC(C)(C)C)cc2)cc1. The summed E-state index contributed by atoms with van der Waals surface area (Å²) in [7, 11) is -2.58. The van der Waals surface area contributed by atoms with Gasteiger partial charge in [-0.25, -0.2) is 17.5 Å². The minimum Gasteiger partial charge on any atom is -0.497 e. The Kier molecular flexibility index (Phi) is 8.13. The number of ether oxygens (including phenoxy) is 2. The number of sulfonamides is 1. The standard InChI is InChI=1S/C30H30BrNO5S/c1-30(2,3)37-29(33)32(20-19-24-10-9-23-7-5-6-8-27(23)28(24)31)38(34,35)26-17-13-22(14-18-26)21-11-15-25(36-4)16-12-21/h5-18H,19-20H2,1-4H3. The molecule has 0 aliphatic carbocycles. The molecule has 4 aromatic rings. The lowest BCUT2D eigenvalue weighted by molar-refractivity contribution is 0.0392. The molecule has 0 heterocycles. The summed E-state index contributed by atoms with van der Waals surface area (Å²) in [4.78, 5) is 13.2. The first-order valence-electron chi connectivity index (χ1n) is 12.2. The highest BCUT2D eigenvalue weighted by Crippen LogP contribution is 2.30. The van der Waals surface area contributed by atoms with E-state index in [1.807, 2.05) is 60.7 Å². The Hall–Kier alpha value is -3.36. The number of nitrogens with zero attached hydrogens (tertiary/aromatic N) is 1. The van der Waals surface area contributed by atoms with Crippen LogP contribution in [0.5, 0.6) is 5.75 Å². The van der Waals surface area contributed by atoms with Crippen LogP contribution < -0.4 is 4.74 Å². The van der Waals surface area contributed by atoms with Crippen molar-refractivity contribution in [1.29, 1.82) is 0 Å². The number of hydrogen-bond acceptors (Lipinski definition) is 5. The molecule has 0 aromatic heterocycles. The highest BCUT2D eigenvalue weighted by Gasteiger charge is 2.33. The van der Waals surface area contributed by atoms with E-state index in [1.165, 1.54) is 12.1 Å². The van der Waals surface area contributed by atoms with Crippen molar-refractivity contribution in [2.45, 2.75) is 37.7 Å². The Balaban J connectivity index is 1.63. The van der Waals surface area contributed by atoms with Gasteiger partial charge in [-0.2, -0.15) is 0 Å². The van der Waals surface area contributed by atoms with Gasteiger partial charge in [-0.1, -0.05) is 60.7 Å². The molecule has 6 nitrogen and oxygen atoms in total. The van der Waals surface area contributed by atoms with Crippen molar-refractivity contribution in [1.82, 2.24) is 4.31 Å². The summed E-state index contributed by atoms with van der Waals surface area (Å²) in [5.74, 6) is 0.735.